The Labute approximate surface area is 168 Å². The van der Waals surface area contributed by atoms with E-state index in [2.05, 4.69) is 15.5 Å². The number of nitrogens with zero attached hydrogens (tertiary/aromatic N) is 2. The highest BCUT2D eigenvalue weighted by Crippen LogP contribution is 2.30. The second-order valence-corrected chi connectivity index (χ2v) is 8.14. The summed E-state index contributed by atoms with van der Waals surface area (Å²) in [5, 5.41) is 15.1. The van der Waals surface area contributed by atoms with Crippen LogP contribution in [0.3, 0.4) is 0 Å². The van der Waals surface area contributed by atoms with Crippen LogP contribution in [0.1, 0.15) is 46.0 Å². The van der Waals surface area contributed by atoms with E-state index in [0.717, 1.165) is 17.0 Å². The zero-order valence-electron chi connectivity index (χ0n) is 16.2. The largest absolute Gasteiger partial charge is 0.394 e. The van der Waals surface area contributed by atoms with Gasteiger partial charge >= 0.3 is 0 Å². The minimum Gasteiger partial charge on any atom is -0.394 e. The van der Waals surface area contributed by atoms with Crippen LogP contribution in [0.15, 0.2) is 18.2 Å². The predicted molar refractivity (Wildman–Crippen MR) is 102 cm³/mol. The van der Waals surface area contributed by atoms with Gasteiger partial charge in [0.15, 0.2) is 0 Å². The van der Waals surface area contributed by atoms with E-state index in [4.69, 9.17) is 0 Å². The molecule has 0 aliphatic carbocycles. The van der Waals surface area contributed by atoms with Gasteiger partial charge in [0.1, 0.15) is 6.04 Å². The molecule has 0 radical (unpaired) electrons. The first kappa shape index (κ1) is 19.7. The van der Waals surface area contributed by atoms with Crippen molar-refractivity contribution in [3.63, 3.8) is 0 Å². The van der Waals surface area contributed by atoms with Crippen molar-refractivity contribution in [3.05, 3.63) is 34.9 Å². The SMILES string of the molecule is CC1(CO)CN(Cc2cccc3c2C(=O)N(C2CCC(=O)NC2=O)C3=O)CCN1. The van der Waals surface area contributed by atoms with Crippen molar-refractivity contribution in [1.29, 1.82) is 0 Å². The fourth-order valence-corrected chi connectivity index (χ4v) is 4.34. The molecule has 2 unspecified atom stereocenters. The van der Waals surface area contributed by atoms with Gasteiger partial charge in [-0.1, -0.05) is 12.1 Å². The molecule has 4 amide bonds. The number of carbonyl (C=O) groups is 4. The molecule has 3 aliphatic rings. The van der Waals surface area contributed by atoms with E-state index in [-0.39, 0.29) is 25.0 Å². The third kappa shape index (κ3) is 3.45. The molecule has 2 fully saturated rings. The highest BCUT2D eigenvalue weighted by Gasteiger charge is 2.45. The van der Waals surface area contributed by atoms with Crippen LogP contribution >= 0.6 is 0 Å². The van der Waals surface area contributed by atoms with Crippen molar-refractivity contribution in [2.75, 3.05) is 26.2 Å². The molecule has 0 bridgehead atoms. The molecule has 9 heteroatoms. The van der Waals surface area contributed by atoms with Gasteiger partial charge < -0.3 is 10.4 Å². The molecular weight excluding hydrogens is 376 g/mol. The monoisotopic (exact) mass is 400 g/mol. The minimum absolute atomic E-state index is 0.00287. The van der Waals surface area contributed by atoms with Gasteiger partial charge in [0.25, 0.3) is 11.8 Å². The molecule has 9 nitrogen and oxygen atoms in total. The molecule has 1 aromatic rings. The number of piperidine rings is 1. The number of hydrogen-bond acceptors (Lipinski definition) is 7. The van der Waals surface area contributed by atoms with Gasteiger partial charge in [-0.05, 0) is 25.0 Å². The maximum absolute atomic E-state index is 13.1. The lowest BCUT2D eigenvalue weighted by Gasteiger charge is -2.40. The number of imide groups is 2. The normalized spacial score (nSPS) is 27.9. The predicted octanol–water partition coefficient (Wildman–Crippen LogP) is -0.756. The number of carbonyl (C=O) groups excluding carboxylic acids is 4. The van der Waals surface area contributed by atoms with Gasteiger partial charge in [-0.25, -0.2) is 0 Å². The van der Waals surface area contributed by atoms with Gasteiger partial charge in [-0.2, -0.15) is 0 Å². The first-order chi connectivity index (χ1) is 13.8. The summed E-state index contributed by atoms with van der Waals surface area (Å²) in [5.41, 5.74) is 0.913. The molecule has 0 saturated carbocycles. The van der Waals surface area contributed by atoms with E-state index in [1.165, 1.54) is 0 Å². The second-order valence-electron chi connectivity index (χ2n) is 8.14. The van der Waals surface area contributed by atoms with E-state index >= 15 is 0 Å². The highest BCUT2D eigenvalue weighted by molar-refractivity contribution is 6.24. The molecule has 3 heterocycles. The van der Waals surface area contributed by atoms with E-state index in [1.807, 2.05) is 13.0 Å². The smallest absolute Gasteiger partial charge is 0.262 e. The average Bonchev–Trinajstić information content (AvgIpc) is 2.94. The second kappa shape index (κ2) is 7.33. The van der Waals surface area contributed by atoms with E-state index in [9.17, 15) is 24.3 Å². The van der Waals surface area contributed by atoms with Crippen molar-refractivity contribution in [3.8, 4) is 0 Å². The van der Waals surface area contributed by atoms with Crippen molar-refractivity contribution in [2.24, 2.45) is 0 Å². The summed E-state index contributed by atoms with van der Waals surface area (Å²) in [6.45, 7) is 4.46. The van der Waals surface area contributed by atoms with E-state index < -0.39 is 35.2 Å². The summed E-state index contributed by atoms with van der Waals surface area (Å²) in [6.07, 6.45) is 0.231. The third-order valence-electron chi connectivity index (χ3n) is 5.85. The lowest BCUT2D eigenvalue weighted by atomic mass is 9.98. The summed E-state index contributed by atoms with van der Waals surface area (Å²) in [4.78, 5) is 52.8. The lowest BCUT2D eigenvalue weighted by molar-refractivity contribution is -0.136. The Morgan fingerprint density at radius 2 is 2.00 bits per heavy atom. The molecule has 4 rings (SSSR count). The van der Waals surface area contributed by atoms with Crippen LogP contribution in [0.25, 0.3) is 0 Å². The van der Waals surface area contributed by atoms with Crippen molar-refractivity contribution >= 4 is 23.6 Å². The Balaban J connectivity index is 1.60. The first-order valence-corrected chi connectivity index (χ1v) is 9.75. The maximum Gasteiger partial charge on any atom is 0.262 e. The van der Waals surface area contributed by atoms with Gasteiger partial charge in [0.2, 0.25) is 11.8 Å². The minimum atomic E-state index is -0.968. The van der Waals surface area contributed by atoms with E-state index in [0.29, 0.717) is 25.2 Å². The van der Waals surface area contributed by atoms with Gasteiger partial charge in [0, 0.05) is 32.6 Å². The third-order valence-corrected chi connectivity index (χ3v) is 5.85. The highest BCUT2D eigenvalue weighted by atomic mass is 16.3. The molecule has 2 saturated heterocycles. The van der Waals surface area contributed by atoms with Crippen LogP contribution in [-0.4, -0.2) is 76.4 Å². The maximum atomic E-state index is 13.1. The number of hydrogen-bond donors (Lipinski definition) is 3. The topological polar surface area (TPSA) is 119 Å². The number of benzene rings is 1. The van der Waals surface area contributed by atoms with Gasteiger partial charge in [-0.3, -0.25) is 34.3 Å². The Morgan fingerprint density at radius 3 is 2.72 bits per heavy atom. The summed E-state index contributed by atoms with van der Waals surface area (Å²) in [6, 6.07) is 4.18. The summed E-state index contributed by atoms with van der Waals surface area (Å²) in [7, 11) is 0. The summed E-state index contributed by atoms with van der Waals surface area (Å²) < 4.78 is 0. The molecule has 3 aliphatic heterocycles. The van der Waals surface area contributed by atoms with Crippen LogP contribution in [0.5, 0.6) is 0 Å². The number of piperazine rings is 1. The van der Waals surface area contributed by atoms with Crippen molar-refractivity contribution in [1.82, 2.24) is 20.4 Å². The quantitative estimate of drug-likeness (QED) is 0.569. The number of aliphatic hydroxyl groups is 1. The number of fused-ring (bicyclic) bond motifs is 1. The van der Waals surface area contributed by atoms with Gasteiger partial charge in [-0.15, -0.1) is 0 Å². The van der Waals surface area contributed by atoms with Crippen molar-refractivity contribution < 1.29 is 24.3 Å². The molecule has 2 atom stereocenters. The zero-order chi connectivity index (χ0) is 20.8. The Morgan fingerprint density at radius 1 is 1.21 bits per heavy atom. The average molecular weight is 400 g/mol. The molecule has 1 aromatic carbocycles. The number of aliphatic hydroxyl groups excluding tert-OH is 1. The standard InChI is InChI=1S/C20H24N4O5/c1-20(11-25)10-23(8-7-21-20)9-12-3-2-4-13-16(12)19(29)24(18(13)28)14-5-6-15(26)22-17(14)27/h2-4,14,21,25H,5-11H2,1H3,(H,22,26,27). The van der Waals surface area contributed by atoms with Crippen LogP contribution in [0.4, 0.5) is 0 Å². The number of rotatable bonds is 4. The van der Waals surface area contributed by atoms with Crippen molar-refractivity contribution in [2.45, 2.75) is 37.9 Å². The molecule has 3 N–H and O–H groups in total. The van der Waals surface area contributed by atoms with Crippen LogP contribution in [0, 0.1) is 0 Å². The Hall–Kier alpha value is -2.62. The lowest BCUT2D eigenvalue weighted by Crippen LogP contribution is -2.60. The van der Waals surface area contributed by atoms with Crippen LogP contribution < -0.4 is 10.6 Å². The molecular formula is C20H24N4O5. The number of nitrogens with one attached hydrogen (secondary N) is 2. The molecule has 0 aromatic heterocycles. The number of amides is 4. The Kier molecular flexibility index (Phi) is 4.97. The van der Waals surface area contributed by atoms with E-state index in [1.54, 1.807) is 12.1 Å². The summed E-state index contributed by atoms with van der Waals surface area (Å²) in [5.74, 6) is -2.00. The zero-order valence-corrected chi connectivity index (χ0v) is 16.2. The fraction of sp³-hybridized carbons (Fsp3) is 0.500. The molecule has 154 valence electrons. The Bertz CT molecular complexity index is 901. The van der Waals surface area contributed by atoms with Crippen LogP contribution in [0.2, 0.25) is 0 Å². The molecule has 29 heavy (non-hydrogen) atoms. The van der Waals surface area contributed by atoms with Gasteiger partial charge in [0.05, 0.1) is 23.3 Å². The summed E-state index contributed by atoms with van der Waals surface area (Å²) >= 11 is 0. The fourth-order valence-electron chi connectivity index (χ4n) is 4.34. The molecule has 0 spiro atoms. The van der Waals surface area contributed by atoms with Crippen LogP contribution in [-0.2, 0) is 16.1 Å². The first-order valence-electron chi connectivity index (χ1n) is 9.75.